The van der Waals surface area contributed by atoms with Crippen LogP contribution in [-0.4, -0.2) is 24.5 Å². The van der Waals surface area contributed by atoms with Crippen molar-refractivity contribution in [2.24, 2.45) is 0 Å². The van der Waals surface area contributed by atoms with Crippen molar-refractivity contribution in [2.45, 2.75) is 38.3 Å². The summed E-state index contributed by atoms with van der Waals surface area (Å²) in [4.78, 5) is 11.6. The Bertz CT molecular complexity index is 422. The number of piperidine rings is 1. The molecule has 0 bridgehead atoms. The van der Waals surface area contributed by atoms with Crippen molar-refractivity contribution < 1.29 is 9.18 Å². The van der Waals surface area contributed by atoms with Gasteiger partial charge in [0.25, 0.3) is 0 Å². The van der Waals surface area contributed by atoms with Gasteiger partial charge >= 0.3 is 0 Å². The maximum atomic E-state index is 13.5. The van der Waals surface area contributed by atoms with Crippen molar-refractivity contribution in [3.8, 4) is 0 Å². The molecule has 2 unspecified atom stereocenters. The van der Waals surface area contributed by atoms with Crippen LogP contribution in [0.1, 0.15) is 25.3 Å². The molecule has 1 heterocycles. The fourth-order valence-corrected chi connectivity index (χ4v) is 2.33. The second-order valence-corrected chi connectivity index (χ2v) is 4.85. The minimum absolute atomic E-state index is 0.0571. The summed E-state index contributed by atoms with van der Waals surface area (Å²) in [5.74, 6) is -0.124. The first kappa shape index (κ1) is 13.0. The van der Waals surface area contributed by atoms with E-state index in [-0.39, 0.29) is 23.8 Å². The van der Waals surface area contributed by atoms with Crippen LogP contribution in [-0.2, 0) is 11.2 Å². The molecule has 0 radical (unpaired) electrons. The largest absolute Gasteiger partial charge is 0.355 e. The first-order valence-corrected chi connectivity index (χ1v) is 6.44. The fourth-order valence-electron chi connectivity index (χ4n) is 2.33. The first-order chi connectivity index (χ1) is 8.66. The number of carbonyl (C=O) groups excluding carboxylic acids is 1. The van der Waals surface area contributed by atoms with Gasteiger partial charge in [-0.2, -0.15) is 0 Å². The Hall–Kier alpha value is -1.42. The molecule has 2 rings (SSSR count). The third-order valence-electron chi connectivity index (χ3n) is 3.25. The number of hydrogen-bond acceptors (Lipinski definition) is 2. The molecule has 1 aromatic rings. The number of hydrogen-bond donors (Lipinski definition) is 2. The molecule has 1 fully saturated rings. The minimum atomic E-state index is -0.181. The van der Waals surface area contributed by atoms with Crippen molar-refractivity contribution in [2.75, 3.05) is 6.54 Å². The molecule has 0 aliphatic carbocycles. The zero-order valence-corrected chi connectivity index (χ0v) is 10.6. The third kappa shape index (κ3) is 3.29. The monoisotopic (exact) mass is 250 g/mol. The standard InChI is InChI=1S/C14H19FN2O/c1-10(9-11-5-2-3-6-12(11)15)17-13-7-4-8-16-14(13)18/h2-3,5-6,10,13,17H,4,7-9H2,1H3,(H,16,18). The van der Waals surface area contributed by atoms with Gasteiger partial charge < -0.3 is 10.6 Å². The number of halogens is 1. The summed E-state index contributed by atoms with van der Waals surface area (Å²) in [6.45, 7) is 2.74. The van der Waals surface area contributed by atoms with E-state index in [9.17, 15) is 9.18 Å². The van der Waals surface area contributed by atoms with E-state index in [0.717, 1.165) is 19.4 Å². The second-order valence-electron chi connectivity index (χ2n) is 4.85. The van der Waals surface area contributed by atoms with Crippen LogP contribution >= 0.6 is 0 Å². The molecule has 2 atom stereocenters. The van der Waals surface area contributed by atoms with Crippen LogP contribution in [0.2, 0.25) is 0 Å². The molecule has 4 heteroatoms. The summed E-state index contributed by atoms with van der Waals surface area (Å²) in [6.07, 6.45) is 2.44. The number of benzene rings is 1. The molecule has 1 aliphatic heterocycles. The number of amides is 1. The van der Waals surface area contributed by atoms with E-state index < -0.39 is 0 Å². The normalized spacial score (nSPS) is 21.4. The lowest BCUT2D eigenvalue weighted by Gasteiger charge is -2.26. The predicted octanol–water partition coefficient (Wildman–Crippen LogP) is 1.62. The Balaban J connectivity index is 1.90. The molecule has 3 nitrogen and oxygen atoms in total. The van der Waals surface area contributed by atoms with Crippen molar-refractivity contribution in [3.05, 3.63) is 35.6 Å². The van der Waals surface area contributed by atoms with E-state index in [0.29, 0.717) is 12.0 Å². The summed E-state index contributed by atoms with van der Waals surface area (Å²) >= 11 is 0. The molecule has 1 saturated heterocycles. The lowest BCUT2D eigenvalue weighted by Crippen LogP contribution is -2.51. The molecule has 1 amide bonds. The smallest absolute Gasteiger partial charge is 0.237 e. The predicted molar refractivity (Wildman–Crippen MR) is 68.7 cm³/mol. The van der Waals surface area contributed by atoms with Gasteiger partial charge in [0.2, 0.25) is 5.91 Å². The SMILES string of the molecule is CC(Cc1ccccc1F)NC1CCCNC1=O. The van der Waals surface area contributed by atoms with Crippen molar-refractivity contribution in [1.29, 1.82) is 0 Å². The average molecular weight is 250 g/mol. The highest BCUT2D eigenvalue weighted by atomic mass is 19.1. The Kier molecular flexibility index (Phi) is 4.31. The Morgan fingerprint density at radius 3 is 3.00 bits per heavy atom. The van der Waals surface area contributed by atoms with Crippen molar-refractivity contribution >= 4 is 5.91 Å². The van der Waals surface area contributed by atoms with Crippen LogP contribution in [0.4, 0.5) is 4.39 Å². The van der Waals surface area contributed by atoms with Crippen LogP contribution in [0.3, 0.4) is 0 Å². The summed E-state index contributed by atoms with van der Waals surface area (Å²) < 4.78 is 13.5. The topological polar surface area (TPSA) is 41.1 Å². The van der Waals surface area contributed by atoms with Crippen molar-refractivity contribution in [3.63, 3.8) is 0 Å². The quantitative estimate of drug-likeness (QED) is 0.852. The van der Waals surface area contributed by atoms with E-state index in [1.807, 2.05) is 13.0 Å². The molecule has 98 valence electrons. The van der Waals surface area contributed by atoms with Crippen LogP contribution in [0.25, 0.3) is 0 Å². The molecule has 0 aromatic heterocycles. The van der Waals surface area contributed by atoms with Gasteiger partial charge in [-0.1, -0.05) is 18.2 Å². The molecule has 0 saturated carbocycles. The summed E-state index contributed by atoms with van der Waals surface area (Å²) in [5.41, 5.74) is 0.689. The highest BCUT2D eigenvalue weighted by Crippen LogP contribution is 2.11. The van der Waals surface area contributed by atoms with Gasteiger partial charge in [-0.25, -0.2) is 4.39 Å². The number of rotatable bonds is 4. The highest BCUT2D eigenvalue weighted by Gasteiger charge is 2.23. The Morgan fingerprint density at radius 1 is 1.50 bits per heavy atom. The zero-order valence-electron chi connectivity index (χ0n) is 10.6. The van der Waals surface area contributed by atoms with Crippen molar-refractivity contribution in [1.82, 2.24) is 10.6 Å². The Morgan fingerprint density at radius 2 is 2.28 bits per heavy atom. The molecular weight excluding hydrogens is 231 g/mol. The van der Waals surface area contributed by atoms with Gasteiger partial charge in [0.05, 0.1) is 6.04 Å². The van der Waals surface area contributed by atoms with Crippen LogP contribution in [0, 0.1) is 5.82 Å². The van der Waals surface area contributed by atoms with Gasteiger partial charge in [-0.05, 0) is 37.8 Å². The molecular formula is C14H19FN2O. The lowest BCUT2D eigenvalue weighted by molar-refractivity contribution is -0.124. The molecule has 1 aromatic carbocycles. The fraction of sp³-hybridized carbons (Fsp3) is 0.500. The number of carbonyl (C=O) groups is 1. The lowest BCUT2D eigenvalue weighted by atomic mass is 10.0. The summed E-state index contributed by atoms with van der Waals surface area (Å²) in [5, 5.41) is 6.10. The highest BCUT2D eigenvalue weighted by molar-refractivity contribution is 5.82. The summed E-state index contributed by atoms with van der Waals surface area (Å²) in [6, 6.07) is 6.71. The number of nitrogens with one attached hydrogen (secondary N) is 2. The van der Waals surface area contributed by atoms with Gasteiger partial charge in [0, 0.05) is 12.6 Å². The van der Waals surface area contributed by atoms with Gasteiger partial charge in [-0.3, -0.25) is 4.79 Å². The van der Waals surface area contributed by atoms with E-state index in [1.165, 1.54) is 6.07 Å². The van der Waals surface area contributed by atoms with Gasteiger partial charge in [-0.15, -0.1) is 0 Å². The van der Waals surface area contributed by atoms with Crippen LogP contribution in [0.15, 0.2) is 24.3 Å². The van der Waals surface area contributed by atoms with E-state index in [4.69, 9.17) is 0 Å². The molecule has 18 heavy (non-hydrogen) atoms. The van der Waals surface area contributed by atoms with E-state index in [1.54, 1.807) is 12.1 Å². The molecule has 0 spiro atoms. The maximum Gasteiger partial charge on any atom is 0.237 e. The first-order valence-electron chi connectivity index (χ1n) is 6.44. The second kappa shape index (κ2) is 5.96. The van der Waals surface area contributed by atoms with E-state index in [2.05, 4.69) is 10.6 Å². The van der Waals surface area contributed by atoms with Crippen LogP contribution < -0.4 is 10.6 Å². The molecule has 1 aliphatic rings. The zero-order chi connectivity index (χ0) is 13.0. The average Bonchev–Trinajstić information content (AvgIpc) is 2.35. The molecule has 2 N–H and O–H groups in total. The van der Waals surface area contributed by atoms with Gasteiger partial charge in [0.1, 0.15) is 5.82 Å². The Labute approximate surface area is 107 Å². The summed E-state index contributed by atoms with van der Waals surface area (Å²) in [7, 11) is 0. The van der Waals surface area contributed by atoms with Crippen LogP contribution in [0.5, 0.6) is 0 Å². The third-order valence-corrected chi connectivity index (χ3v) is 3.25. The van der Waals surface area contributed by atoms with Gasteiger partial charge in [0.15, 0.2) is 0 Å². The maximum absolute atomic E-state index is 13.5. The van der Waals surface area contributed by atoms with E-state index >= 15 is 0 Å². The minimum Gasteiger partial charge on any atom is -0.355 e.